The van der Waals surface area contributed by atoms with Crippen molar-refractivity contribution in [3.8, 4) is 0 Å². The summed E-state index contributed by atoms with van der Waals surface area (Å²) in [6, 6.07) is 1.83. The van der Waals surface area contributed by atoms with Gasteiger partial charge in [-0.25, -0.2) is 0 Å². The van der Waals surface area contributed by atoms with Crippen molar-refractivity contribution in [2.75, 3.05) is 11.9 Å². The molecule has 0 aliphatic heterocycles. The molecule has 2 fully saturated rings. The number of nitrogens with zero attached hydrogens (tertiary/aromatic N) is 2. The Hall–Kier alpha value is -1.85. The molecule has 0 aromatic carbocycles. The lowest BCUT2D eigenvalue weighted by molar-refractivity contribution is -0.135. The summed E-state index contributed by atoms with van der Waals surface area (Å²) in [7, 11) is 0. The van der Waals surface area contributed by atoms with Crippen LogP contribution in [0.15, 0.2) is 16.9 Å². The minimum Gasteiger partial charge on any atom is -0.363 e. The van der Waals surface area contributed by atoms with E-state index in [-0.39, 0.29) is 24.4 Å². The Bertz CT molecular complexity index is 505. The molecule has 6 heteroatoms. The largest absolute Gasteiger partial charge is 0.363 e. The molecule has 0 radical (unpaired) electrons. The summed E-state index contributed by atoms with van der Waals surface area (Å²) in [6.07, 6.45) is 10.1. The molecule has 3 rings (SSSR count). The molecule has 2 aliphatic carbocycles. The van der Waals surface area contributed by atoms with E-state index < -0.39 is 0 Å². The molecule has 0 spiro atoms. The van der Waals surface area contributed by atoms with Crippen LogP contribution in [-0.4, -0.2) is 34.5 Å². The van der Waals surface area contributed by atoms with Gasteiger partial charge in [0, 0.05) is 18.5 Å². The molecule has 0 unspecified atom stereocenters. The fourth-order valence-electron chi connectivity index (χ4n) is 3.19. The highest BCUT2D eigenvalue weighted by Gasteiger charge is 2.34. The molecule has 6 nitrogen and oxygen atoms in total. The van der Waals surface area contributed by atoms with E-state index in [1.165, 1.54) is 31.9 Å². The van der Waals surface area contributed by atoms with Crippen LogP contribution in [0.25, 0.3) is 0 Å². The van der Waals surface area contributed by atoms with E-state index in [0.29, 0.717) is 18.2 Å². The van der Waals surface area contributed by atoms with Crippen molar-refractivity contribution in [1.82, 2.24) is 10.1 Å². The molecule has 1 heterocycles. The average Bonchev–Trinajstić information content (AvgIpc) is 2.99. The molecule has 1 aromatic heterocycles. The number of nitrogens with one attached hydrogen (secondary N) is 1. The summed E-state index contributed by atoms with van der Waals surface area (Å²) < 4.78 is 4.68. The van der Waals surface area contributed by atoms with Crippen LogP contribution >= 0.6 is 0 Å². The number of amides is 2. The van der Waals surface area contributed by atoms with Crippen LogP contribution in [0.5, 0.6) is 0 Å². The smallest absolute Gasteiger partial charge is 0.245 e. The van der Waals surface area contributed by atoms with Gasteiger partial charge < -0.3 is 14.7 Å². The fraction of sp³-hybridized carbons (Fsp3) is 0.688. The van der Waals surface area contributed by atoms with E-state index in [1.807, 2.05) is 0 Å². The van der Waals surface area contributed by atoms with Gasteiger partial charge in [0.05, 0.1) is 0 Å². The average molecular weight is 305 g/mol. The number of aromatic nitrogens is 1. The number of hydrogen-bond donors (Lipinski definition) is 1. The molecule has 1 N–H and O–H groups in total. The highest BCUT2D eigenvalue weighted by molar-refractivity contribution is 5.93. The SMILES string of the molecule is O=C(CN(C(=O)CCC1CCCC1)C1CC1)Nc1ccon1. The zero-order valence-electron chi connectivity index (χ0n) is 12.8. The topological polar surface area (TPSA) is 75.4 Å². The Morgan fingerprint density at radius 1 is 1.27 bits per heavy atom. The van der Waals surface area contributed by atoms with Crippen molar-refractivity contribution < 1.29 is 14.1 Å². The number of hydrogen-bond acceptors (Lipinski definition) is 4. The summed E-state index contributed by atoms with van der Waals surface area (Å²) in [5.74, 6) is 0.993. The van der Waals surface area contributed by atoms with Gasteiger partial charge in [-0.2, -0.15) is 0 Å². The minimum absolute atomic E-state index is 0.112. The third-order valence-electron chi connectivity index (χ3n) is 4.57. The van der Waals surface area contributed by atoms with Gasteiger partial charge >= 0.3 is 0 Å². The first kappa shape index (κ1) is 15.1. The van der Waals surface area contributed by atoms with Gasteiger partial charge in [-0.05, 0) is 25.2 Å². The Labute approximate surface area is 130 Å². The highest BCUT2D eigenvalue weighted by atomic mass is 16.5. The van der Waals surface area contributed by atoms with Crippen molar-refractivity contribution in [2.24, 2.45) is 5.92 Å². The quantitative estimate of drug-likeness (QED) is 0.840. The van der Waals surface area contributed by atoms with E-state index in [4.69, 9.17) is 0 Å². The first-order valence-electron chi connectivity index (χ1n) is 8.22. The molecule has 1 aromatic rings. The van der Waals surface area contributed by atoms with Crippen LogP contribution in [0, 0.1) is 5.92 Å². The van der Waals surface area contributed by atoms with Gasteiger partial charge in [0.1, 0.15) is 12.8 Å². The van der Waals surface area contributed by atoms with Gasteiger partial charge in [-0.15, -0.1) is 0 Å². The first-order chi connectivity index (χ1) is 10.7. The lowest BCUT2D eigenvalue weighted by Gasteiger charge is -2.22. The molecular weight excluding hydrogens is 282 g/mol. The maximum Gasteiger partial charge on any atom is 0.245 e. The Balaban J connectivity index is 1.48. The zero-order chi connectivity index (χ0) is 15.4. The first-order valence-corrected chi connectivity index (χ1v) is 8.22. The van der Waals surface area contributed by atoms with E-state index in [2.05, 4.69) is 15.0 Å². The molecular formula is C16H23N3O3. The third kappa shape index (κ3) is 4.08. The predicted molar refractivity (Wildman–Crippen MR) is 81.1 cm³/mol. The normalized spacial score (nSPS) is 18.4. The maximum atomic E-state index is 12.4. The summed E-state index contributed by atoms with van der Waals surface area (Å²) in [4.78, 5) is 26.2. The lowest BCUT2D eigenvalue weighted by Crippen LogP contribution is -2.39. The van der Waals surface area contributed by atoms with Crippen LogP contribution < -0.4 is 5.32 Å². The number of carbonyl (C=O) groups excluding carboxylic acids is 2. The lowest BCUT2D eigenvalue weighted by atomic mass is 10.0. The second-order valence-corrected chi connectivity index (χ2v) is 6.37. The van der Waals surface area contributed by atoms with Crippen molar-refractivity contribution in [3.63, 3.8) is 0 Å². The molecule has 0 bridgehead atoms. The molecule has 120 valence electrons. The predicted octanol–water partition coefficient (Wildman–Crippen LogP) is 2.57. The van der Waals surface area contributed by atoms with Gasteiger partial charge in [0.15, 0.2) is 5.82 Å². The van der Waals surface area contributed by atoms with Crippen LogP contribution in [0.1, 0.15) is 51.4 Å². The fourth-order valence-corrected chi connectivity index (χ4v) is 3.19. The monoisotopic (exact) mass is 305 g/mol. The maximum absolute atomic E-state index is 12.4. The van der Waals surface area contributed by atoms with Gasteiger partial charge in [0.2, 0.25) is 11.8 Å². The summed E-state index contributed by atoms with van der Waals surface area (Å²) in [6.45, 7) is 0.112. The zero-order valence-corrected chi connectivity index (χ0v) is 12.8. The van der Waals surface area contributed by atoms with E-state index in [1.54, 1.807) is 11.0 Å². The second kappa shape index (κ2) is 6.94. The second-order valence-electron chi connectivity index (χ2n) is 6.37. The van der Waals surface area contributed by atoms with Crippen LogP contribution in [0.3, 0.4) is 0 Å². The minimum atomic E-state index is -0.213. The molecule has 2 aliphatic rings. The van der Waals surface area contributed by atoms with Crippen molar-refractivity contribution >= 4 is 17.6 Å². The Morgan fingerprint density at radius 3 is 2.68 bits per heavy atom. The molecule has 0 atom stereocenters. The number of anilines is 1. The Morgan fingerprint density at radius 2 is 2.05 bits per heavy atom. The summed E-state index contributed by atoms with van der Waals surface area (Å²) in [5, 5.41) is 6.30. The van der Waals surface area contributed by atoms with Crippen molar-refractivity contribution in [1.29, 1.82) is 0 Å². The summed E-state index contributed by atoms with van der Waals surface area (Å²) in [5.41, 5.74) is 0. The van der Waals surface area contributed by atoms with Crippen molar-refractivity contribution in [2.45, 2.75) is 57.4 Å². The molecule has 2 saturated carbocycles. The van der Waals surface area contributed by atoms with E-state index in [9.17, 15) is 9.59 Å². The van der Waals surface area contributed by atoms with Crippen LogP contribution in [0.4, 0.5) is 5.82 Å². The molecule has 0 saturated heterocycles. The molecule has 22 heavy (non-hydrogen) atoms. The van der Waals surface area contributed by atoms with Crippen LogP contribution in [0.2, 0.25) is 0 Å². The number of carbonyl (C=O) groups is 2. The third-order valence-corrected chi connectivity index (χ3v) is 4.57. The van der Waals surface area contributed by atoms with E-state index >= 15 is 0 Å². The Kier molecular flexibility index (Phi) is 4.75. The van der Waals surface area contributed by atoms with E-state index in [0.717, 1.165) is 19.3 Å². The van der Waals surface area contributed by atoms with Crippen molar-refractivity contribution in [3.05, 3.63) is 12.3 Å². The molecule has 2 amide bonds. The van der Waals surface area contributed by atoms with Gasteiger partial charge in [-0.3, -0.25) is 9.59 Å². The summed E-state index contributed by atoms with van der Waals surface area (Å²) >= 11 is 0. The highest BCUT2D eigenvalue weighted by Crippen LogP contribution is 2.31. The standard InChI is InChI=1S/C16H23N3O3/c20-15(17-14-9-10-22-18-14)11-19(13-6-7-13)16(21)8-5-12-3-1-2-4-12/h9-10,12-13H,1-8,11H2,(H,17,18,20). The van der Waals surface area contributed by atoms with Crippen LogP contribution in [-0.2, 0) is 9.59 Å². The van der Waals surface area contributed by atoms with Gasteiger partial charge in [-0.1, -0.05) is 30.8 Å². The number of rotatable bonds is 7. The van der Waals surface area contributed by atoms with Gasteiger partial charge in [0.25, 0.3) is 0 Å².